The standard InChI is InChI=1S/C30H26ClN7O4S/c1-19-16-35(12-13-36(19)29(40)21-7-5-9-23(15-21)38(41)42)26(39)18-43-30-32-28-27(33-34-30)24-10-2-3-11-25(24)37(28)17-20-6-4-8-22(31)14-20/h2-11,14-15,19H,12-13,16-18H2,1H3. The van der Waals surface area contributed by atoms with Crippen LogP contribution in [0.15, 0.2) is 78.0 Å². The molecule has 3 heterocycles. The average molecular weight is 616 g/mol. The van der Waals surface area contributed by atoms with E-state index >= 15 is 0 Å². The number of non-ortho nitro benzene ring substituents is 1. The smallest absolute Gasteiger partial charge is 0.270 e. The number of para-hydroxylation sites is 1. The minimum absolute atomic E-state index is 0.0949. The van der Waals surface area contributed by atoms with Crippen molar-refractivity contribution in [2.24, 2.45) is 0 Å². The summed E-state index contributed by atoms with van der Waals surface area (Å²) in [6, 6.07) is 21.0. The lowest BCUT2D eigenvalue weighted by molar-refractivity contribution is -0.384. The van der Waals surface area contributed by atoms with Gasteiger partial charge in [0.05, 0.1) is 16.2 Å². The van der Waals surface area contributed by atoms with E-state index in [1.165, 1.54) is 30.0 Å². The van der Waals surface area contributed by atoms with Crippen LogP contribution >= 0.6 is 23.4 Å². The zero-order valence-electron chi connectivity index (χ0n) is 23.1. The van der Waals surface area contributed by atoms with Crippen LogP contribution in [0.25, 0.3) is 22.1 Å². The molecule has 0 N–H and O–H groups in total. The number of benzene rings is 3. The highest BCUT2D eigenvalue weighted by Gasteiger charge is 2.31. The number of hydrogen-bond donors (Lipinski definition) is 0. The van der Waals surface area contributed by atoms with E-state index in [1.807, 2.05) is 55.5 Å². The second kappa shape index (κ2) is 12.0. The van der Waals surface area contributed by atoms with Crippen molar-refractivity contribution in [1.82, 2.24) is 29.5 Å². The van der Waals surface area contributed by atoms with Crippen LogP contribution in [-0.2, 0) is 11.3 Å². The zero-order valence-corrected chi connectivity index (χ0v) is 24.7. The molecule has 218 valence electrons. The summed E-state index contributed by atoms with van der Waals surface area (Å²) < 4.78 is 2.08. The maximum atomic E-state index is 13.2. The van der Waals surface area contributed by atoms with Gasteiger partial charge in [0.25, 0.3) is 11.6 Å². The molecule has 43 heavy (non-hydrogen) atoms. The molecule has 0 radical (unpaired) electrons. The molecule has 2 amide bonds. The van der Waals surface area contributed by atoms with Crippen molar-refractivity contribution in [3.63, 3.8) is 0 Å². The maximum absolute atomic E-state index is 13.2. The first-order valence-electron chi connectivity index (χ1n) is 13.6. The monoisotopic (exact) mass is 615 g/mol. The summed E-state index contributed by atoms with van der Waals surface area (Å²) in [5.41, 5.74) is 3.48. The fraction of sp³-hybridized carbons (Fsp3) is 0.233. The topological polar surface area (TPSA) is 127 Å². The third-order valence-electron chi connectivity index (χ3n) is 7.45. The number of amides is 2. The molecule has 0 aliphatic carbocycles. The third kappa shape index (κ3) is 5.88. The third-order valence-corrected chi connectivity index (χ3v) is 8.51. The van der Waals surface area contributed by atoms with Gasteiger partial charge in [-0.2, -0.15) is 0 Å². The number of nitro groups is 1. The van der Waals surface area contributed by atoms with Crippen LogP contribution in [0.3, 0.4) is 0 Å². The Morgan fingerprint density at radius 1 is 1.05 bits per heavy atom. The van der Waals surface area contributed by atoms with Crippen LogP contribution < -0.4 is 0 Å². The molecular formula is C30H26ClN7O4S. The van der Waals surface area contributed by atoms with E-state index in [4.69, 9.17) is 16.6 Å². The molecule has 1 fully saturated rings. The zero-order chi connectivity index (χ0) is 30.1. The number of carbonyl (C=O) groups is 2. The largest absolute Gasteiger partial charge is 0.338 e. The summed E-state index contributed by atoms with van der Waals surface area (Å²) in [6.07, 6.45) is 0. The number of aromatic nitrogens is 4. The van der Waals surface area contributed by atoms with E-state index in [2.05, 4.69) is 14.8 Å². The van der Waals surface area contributed by atoms with Gasteiger partial charge in [-0.15, -0.1) is 10.2 Å². The van der Waals surface area contributed by atoms with E-state index < -0.39 is 4.92 Å². The van der Waals surface area contributed by atoms with Gasteiger partial charge in [-0.25, -0.2) is 4.98 Å². The molecule has 1 atom stereocenters. The van der Waals surface area contributed by atoms with E-state index in [0.717, 1.165) is 16.5 Å². The fourth-order valence-electron chi connectivity index (χ4n) is 5.35. The number of nitro benzene ring substituents is 1. The number of piperazine rings is 1. The number of fused-ring (bicyclic) bond motifs is 3. The van der Waals surface area contributed by atoms with Crippen molar-refractivity contribution >= 4 is 62.9 Å². The number of carbonyl (C=O) groups excluding carboxylic acids is 2. The molecule has 1 unspecified atom stereocenters. The number of halogens is 1. The molecule has 0 bridgehead atoms. The Bertz CT molecular complexity index is 1880. The first-order chi connectivity index (χ1) is 20.8. The second-order valence-electron chi connectivity index (χ2n) is 10.3. The predicted octanol–water partition coefficient (Wildman–Crippen LogP) is 5.05. The van der Waals surface area contributed by atoms with E-state index in [0.29, 0.717) is 47.5 Å². The molecule has 1 aliphatic rings. The summed E-state index contributed by atoms with van der Waals surface area (Å²) >= 11 is 7.45. The van der Waals surface area contributed by atoms with Gasteiger partial charge in [-0.05, 0) is 36.8 Å². The van der Waals surface area contributed by atoms with Crippen LogP contribution in [0, 0.1) is 10.1 Å². The number of hydrogen-bond acceptors (Lipinski definition) is 8. The molecule has 13 heteroatoms. The Labute approximate surface area is 255 Å². The lowest BCUT2D eigenvalue weighted by atomic mass is 10.1. The summed E-state index contributed by atoms with van der Waals surface area (Å²) in [7, 11) is 0. The van der Waals surface area contributed by atoms with Crippen LogP contribution in [0.5, 0.6) is 0 Å². The molecule has 1 saturated heterocycles. The first kappa shape index (κ1) is 28.6. The number of rotatable bonds is 7. The predicted molar refractivity (Wildman–Crippen MR) is 164 cm³/mol. The highest BCUT2D eigenvalue weighted by atomic mass is 35.5. The molecule has 1 aliphatic heterocycles. The lowest BCUT2D eigenvalue weighted by Gasteiger charge is -2.39. The van der Waals surface area contributed by atoms with Gasteiger partial charge >= 0.3 is 0 Å². The Kier molecular flexibility index (Phi) is 7.96. The number of nitrogens with zero attached hydrogens (tertiary/aromatic N) is 7. The second-order valence-corrected chi connectivity index (χ2v) is 11.7. The first-order valence-corrected chi connectivity index (χ1v) is 15.0. The molecule has 0 spiro atoms. The summed E-state index contributed by atoms with van der Waals surface area (Å²) in [6.45, 7) is 3.44. The van der Waals surface area contributed by atoms with Crippen molar-refractivity contribution < 1.29 is 14.5 Å². The van der Waals surface area contributed by atoms with Crippen LogP contribution in [0.1, 0.15) is 22.8 Å². The van der Waals surface area contributed by atoms with E-state index in [9.17, 15) is 19.7 Å². The van der Waals surface area contributed by atoms with Crippen molar-refractivity contribution in [1.29, 1.82) is 0 Å². The van der Waals surface area contributed by atoms with E-state index in [-0.39, 0.29) is 34.9 Å². The van der Waals surface area contributed by atoms with Crippen molar-refractivity contribution in [2.45, 2.75) is 24.7 Å². The summed E-state index contributed by atoms with van der Waals surface area (Å²) in [5.74, 6) is -0.270. The maximum Gasteiger partial charge on any atom is 0.270 e. The molecule has 3 aromatic carbocycles. The van der Waals surface area contributed by atoms with Gasteiger partial charge in [-0.1, -0.05) is 59.8 Å². The molecule has 2 aromatic heterocycles. The normalized spacial score (nSPS) is 15.3. The highest BCUT2D eigenvalue weighted by Crippen LogP contribution is 2.29. The molecular weight excluding hydrogens is 590 g/mol. The number of thioether (sulfide) groups is 1. The minimum Gasteiger partial charge on any atom is -0.338 e. The van der Waals surface area contributed by atoms with Crippen molar-refractivity contribution in [3.8, 4) is 0 Å². The van der Waals surface area contributed by atoms with Crippen molar-refractivity contribution in [2.75, 3.05) is 25.4 Å². The van der Waals surface area contributed by atoms with Gasteiger partial charge in [0.15, 0.2) is 5.65 Å². The molecule has 5 aromatic rings. The van der Waals surface area contributed by atoms with Crippen molar-refractivity contribution in [3.05, 3.63) is 99.1 Å². The Hall–Kier alpha value is -4.55. The Morgan fingerprint density at radius 3 is 2.65 bits per heavy atom. The molecule has 0 saturated carbocycles. The minimum atomic E-state index is -0.523. The van der Waals surface area contributed by atoms with Gasteiger partial charge in [0.1, 0.15) is 5.52 Å². The lowest BCUT2D eigenvalue weighted by Crippen LogP contribution is -2.55. The SMILES string of the molecule is CC1CN(C(=O)CSc2nnc3c4ccccc4n(Cc4cccc(Cl)c4)c3n2)CCN1C(=O)c1cccc([N+](=O)[O-])c1. The highest BCUT2D eigenvalue weighted by molar-refractivity contribution is 7.99. The molecule has 6 rings (SSSR count). The van der Waals surface area contributed by atoms with Crippen LogP contribution in [-0.4, -0.2) is 77.7 Å². The van der Waals surface area contributed by atoms with Crippen LogP contribution in [0.2, 0.25) is 5.02 Å². The summed E-state index contributed by atoms with van der Waals surface area (Å²) in [5, 5.41) is 21.9. The van der Waals surface area contributed by atoms with Crippen LogP contribution in [0.4, 0.5) is 5.69 Å². The van der Waals surface area contributed by atoms with Gasteiger partial charge in [-0.3, -0.25) is 19.7 Å². The van der Waals surface area contributed by atoms with E-state index in [1.54, 1.807) is 15.9 Å². The fourth-order valence-corrected chi connectivity index (χ4v) is 6.25. The molecule has 11 nitrogen and oxygen atoms in total. The summed E-state index contributed by atoms with van der Waals surface area (Å²) in [4.78, 5) is 45.0. The van der Waals surface area contributed by atoms with Gasteiger partial charge < -0.3 is 14.4 Å². The van der Waals surface area contributed by atoms with Gasteiger partial charge in [0.2, 0.25) is 11.1 Å². The average Bonchev–Trinajstić information content (AvgIpc) is 3.32. The van der Waals surface area contributed by atoms with Gasteiger partial charge in [0, 0.05) is 60.3 Å². The Morgan fingerprint density at radius 2 is 1.86 bits per heavy atom. The quantitative estimate of drug-likeness (QED) is 0.141. The Balaban J connectivity index is 1.14.